The molecule has 3 aromatic heterocycles. The van der Waals surface area contributed by atoms with Crippen molar-refractivity contribution in [3.05, 3.63) is 271 Å². The van der Waals surface area contributed by atoms with Gasteiger partial charge in [-0.1, -0.05) is 112 Å². The van der Waals surface area contributed by atoms with Gasteiger partial charge >= 0.3 is 43.9 Å². The number of aryl methyl sites for hydroxylation is 3. The topological polar surface area (TPSA) is 306 Å². The molecule has 110 heavy (non-hydrogen) atoms. The molecule has 0 saturated carbocycles. The first kappa shape index (κ1) is 89.1. The first-order valence-corrected chi connectivity index (χ1v) is 35.2. The van der Waals surface area contributed by atoms with E-state index in [1.165, 1.54) is 36.4 Å². The van der Waals surface area contributed by atoms with Gasteiger partial charge in [0.2, 0.25) is 0 Å². The van der Waals surface area contributed by atoms with E-state index in [1.807, 2.05) is 74.5 Å². The van der Waals surface area contributed by atoms with Gasteiger partial charge in [0.05, 0.1) is 36.9 Å². The normalized spacial score (nSPS) is 10.7. The van der Waals surface area contributed by atoms with Gasteiger partial charge in [0.25, 0.3) is 18.0 Å². The van der Waals surface area contributed by atoms with Crippen molar-refractivity contribution >= 4 is 91.7 Å². The monoisotopic (exact) mass is 1590 g/mol. The fraction of sp³-hybridized carbons (Fsp3) is 0.232. The van der Waals surface area contributed by atoms with Gasteiger partial charge in [0, 0.05) is 115 Å². The molecular formula is C82H81BBrClF6LiN3O15. The third-order valence-electron chi connectivity index (χ3n) is 17.1. The van der Waals surface area contributed by atoms with Crippen molar-refractivity contribution < 1.29 is 117 Å². The minimum Gasteiger partial charge on any atom is -0.870 e. The van der Waals surface area contributed by atoms with E-state index in [0.29, 0.717) is 101 Å². The molecule has 0 saturated heterocycles. The van der Waals surface area contributed by atoms with Gasteiger partial charge < -0.3 is 74.8 Å². The van der Waals surface area contributed by atoms with Crippen molar-refractivity contribution in [2.24, 2.45) is 17.2 Å². The quantitative estimate of drug-likeness (QED) is 0.0167. The number of fused-ring (bicyclic) bond motifs is 3. The maximum Gasteiger partial charge on any atom is 1.00 e. The van der Waals surface area contributed by atoms with Crippen LogP contribution in [0.1, 0.15) is 101 Å². The molecule has 12 aromatic rings. The number of esters is 2. The van der Waals surface area contributed by atoms with Gasteiger partial charge in [-0.05, 0) is 137 Å². The number of carboxylic acids is 1. The molecule has 0 aliphatic rings. The van der Waals surface area contributed by atoms with E-state index in [9.17, 15) is 37.1 Å². The Hall–Kier alpha value is -9.82. The number of benzene rings is 9. The molecular weight excluding hydrogens is 1510 g/mol. The Kier molecular flexibility index (Phi) is 34.3. The summed E-state index contributed by atoms with van der Waals surface area (Å²) in [5, 5.41) is 28.2. The molecule has 12 rings (SSSR count). The molecule has 574 valence electrons. The van der Waals surface area contributed by atoms with Crippen LogP contribution in [-0.2, 0) is 102 Å². The molecule has 0 atom stereocenters. The fourth-order valence-corrected chi connectivity index (χ4v) is 12.3. The maximum absolute atomic E-state index is 15.1. The van der Waals surface area contributed by atoms with Crippen LogP contribution in [0, 0.1) is 35.5 Å². The Morgan fingerprint density at radius 2 is 0.773 bits per heavy atom. The molecule has 9 aromatic carbocycles. The second-order valence-electron chi connectivity index (χ2n) is 24.4. The Bertz CT molecular complexity index is 5140. The SMILES string of the molecule is CCOC(=O)Cc1ccc(CC)cc1OCc1cc(-c2cccc(CN)c2F)c2oc(F)cc2c1.CCOC(=O)Cc1ccc(CC)cc1OCc1cc(Br)c2oc(F)cc2c1.CCc1ccc(CC(=O)O)c(OCc2cc(-c3cccc(CN)c3F)c3oc(F)cc3c2)c1.Cl.NCc1cccc(B(O)O)c1F.[Li+].[OH-]. The minimum absolute atomic E-state index is 0. The van der Waals surface area contributed by atoms with Crippen LogP contribution in [0.5, 0.6) is 17.2 Å². The van der Waals surface area contributed by atoms with E-state index < -0.39 is 48.6 Å². The van der Waals surface area contributed by atoms with Gasteiger partial charge in [-0.2, -0.15) is 13.2 Å². The summed E-state index contributed by atoms with van der Waals surface area (Å²) in [6.45, 7) is 10.9. The zero-order chi connectivity index (χ0) is 77.0. The third kappa shape index (κ3) is 23.1. The standard InChI is InChI=1S/C28H27F2NO4.C26H23F2NO4.C21H20BrFO4.C7H9BFNO2.ClH.Li.H2O/c1-3-17-8-9-19(14-26(32)33-4-2)24(12-17)34-16-18-10-21-13-25(29)35-28(21)23(11-18)22-7-5-6-20(15-31)27(22)30;1-2-15-6-7-17(12-24(30)31)22(10-15)32-14-16-8-19-11-23(27)33-26(19)21(9-16)20-5-3-4-18(13-29)25(20)28;1-3-13-5-6-15(11-20(24)25-4-2)18(9-13)26-12-14-7-16-10-19(23)27-21(16)17(22)8-14;9-7-5(4-10)2-1-3-6(7)8(11)12;;;/h5-13H,3-4,14-16,31H2,1-2H3;3-11H,2,12-14,29H2,1H3,(H,30,31);5-10H,3-4,11-12H2,1-2H3;1-3,11-12H,4,10H2;1H;;1H2/q;;;;;+1;/p-1. The molecule has 0 bridgehead atoms. The molecule has 0 fully saturated rings. The summed E-state index contributed by atoms with van der Waals surface area (Å²) in [7, 11) is -1.78. The first-order valence-electron chi connectivity index (χ1n) is 34.4. The number of rotatable bonds is 26. The first-order chi connectivity index (χ1) is 51.5. The predicted octanol–water partition coefficient (Wildman–Crippen LogP) is 13.5. The van der Waals surface area contributed by atoms with E-state index in [0.717, 1.165) is 47.1 Å². The van der Waals surface area contributed by atoms with Crippen molar-refractivity contribution in [3.8, 4) is 39.5 Å². The van der Waals surface area contributed by atoms with E-state index in [4.69, 9.17) is 64.2 Å². The van der Waals surface area contributed by atoms with Gasteiger partial charge in [-0.15, -0.1) is 12.4 Å². The van der Waals surface area contributed by atoms with Crippen LogP contribution in [0.4, 0.5) is 26.3 Å². The van der Waals surface area contributed by atoms with Crippen LogP contribution >= 0.6 is 28.3 Å². The summed E-state index contributed by atoms with van der Waals surface area (Å²) >= 11 is 3.40. The summed E-state index contributed by atoms with van der Waals surface area (Å²) in [4.78, 5) is 35.2. The number of hydrogen-bond donors (Lipinski definition) is 6. The van der Waals surface area contributed by atoms with Gasteiger partial charge in [0.1, 0.15) is 65.7 Å². The number of carboxylic acid groups (broad SMARTS) is 1. The smallest absolute Gasteiger partial charge is 0.870 e. The number of nitrogens with two attached hydrogens (primary N) is 3. The Balaban J connectivity index is 0.000000238. The zero-order valence-electron chi connectivity index (χ0n) is 61.1. The number of carbonyl (C=O) groups excluding carboxylic acids is 2. The number of ether oxygens (including phenoxy) is 5. The Morgan fingerprint density at radius 3 is 1.13 bits per heavy atom. The Labute approximate surface area is 658 Å². The summed E-state index contributed by atoms with van der Waals surface area (Å²) < 4.78 is 129. The summed E-state index contributed by atoms with van der Waals surface area (Å²) in [5.74, 6) is -1.51. The second-order valence-corrected chi connectivity index (χ2v) is 25.3. The van der Waals surface area contributed by atoms with Gasteiger partial charge in [-0.3, -0.25) is 14.4 Å². The molecule has 18 nitrogen and oxygen atoms in total. The molecule has 3 heterocycles. The summed E-state index contributed by atoms with van der Waals surface area (Å²) in [5.41, 5.74) is 27.0. The van der Waals surface area contributed by atoms with E-state index in [1.54, 1.807) is 80.6 Å². The number of aliphatic carboxylic acids is 1. The van der Waals surface area contributed by atoms with Crippen LogP contribution in [0.3, 0.4) is 0 Å². The summed E-state index contributed by atoms with van der Waals surface area (Å²) in [6.07, 6.45) is 2.50. The molecule has 28 heteroatoms. The zero-order valence-corrected chi connectivity index (χ0v) is 63.5. The molecule has 0 aliphatic carbocycles. The number of halogens is 8. The molecule has 0 radical (unpaired) electrons. The largest absolute Gasteiger partial charge is 1.00 e. The van der Waals surface area contributed by atoms with Crippen LogP contribution in [0.15, 0.2) is 182 Å². The van der Waals surface area contributed by atoms with Crippen LogP contribution < -0.4 is 55.7 Å². The molecule has 10 N–H and O–H groups in total. The fourth-order valence-electron chi connectivity index (χ4n) is 11.7. The molecule has 0 aliphatic heterocycles. The third-order valence-corrected chi connectivity index (χ3v) is 17.7. The van der Waals surface area contributed by atoms with E-state index in [2.05, 4.69) is 22.9 Å². The number of hydrogen-bond acceptors (Lipinski definition) is 17. The van der Waals surface area contributed by atoms with Crippen LogP contribution in [-0.4, -0.2) is 58.9 Å². The molecule has 0 unspecified atom stereocenters. The Morgan fingerprint density at radius 1 is 0.427 bits per heavy atom. The van der Waals surface area contributed by atoms with E-state index >= 15 is 8.78 Å². The van der Waals surface area contributed by atoms with Crippen molar-refractivity contribution in [1.29, 1.82) is 0 Å². The minimum atomic E-state index is -1.78. The van der Waals surface area contributed by atoms with Crippen molar-refractivity contribution in [2.45, 2.75) is 113 Å². The average Bonchev–Trinajstić information content (AvgIpc) is 1.64. The summed E-state index contributed by atoms with van der Waals surface area (Å²) in [6, 6.07) is 43.3. The van der Waals surface area contributed by atoms with Gasteiger partial charge in [-0.25, -0.2) is 13.2 Å². The van der Waals surface area contributed by atoms with Crippen molar-refractivity contribution in [1.82, 2.24) is 0 Å². The van der Waals surface area contributed by atoms with E-state index in [-0.39, 0.29) is 141 Å². The second kappa shape index (κ2) is 42.4. The number of carbonyl (C=O) groups is 3. The predicted molar refractivity (Wildman–Crippen MR) is 409 cm³/mol. The van der Waals surface area contributed by atoms with Crippen molar-refractivity contribution in [2.75, 3.05) is 13.2 Å². The average molecular weight is 1600 g/mol. The van der Waals surface area contributed by atoms with Crippen molar-refractivity contribution in [3.63, 3.8) is 0 Å². The van der Waals surface area contributed by atoms with Gasteiger partial charge in [0.15, 0.2) is 5.58 Å². The molecule has 0 amide bonds. The van der Waals surface area contributed by atoms with Crippen LogP contribution in [0.2, 0.25) is 0 Å². The maximum atomic E-state index is 15.1. The number of furan rings is 3. The van der Waals surface area contributed by atoms with Crippen LogP contribution in [0.25, 0.3) is 55.2 Å². The molecule has 0 spiro atoms.